The van der Waals surface area contributed by atoms with E-state index in [2.05, 4.69) is 11.9 Å². The Labute approximate surface area is 102 Å². The van der Waals surface area contributed by atoms with Crippen LogP contribution in [0.25, 0.3) is 0 Å². The third kappa shape index (κ3) is 4.13. The standard InChI is InChI=1S/C13H21NO3/c1-3-5-6-7-8-10-9-11(15)12(14-10)13(16)17-4-2/h9,14-15H,3-8H2,1-2H3. The Bertz CT molecular complexity index is 358. The van der Waals surface area contributed by atoms with Gasteiger partial charge in [0.25, 0.3) is 0 Å². The van der Waals surface area contributed by atoms with Gasteiger partial charge in [-0.25, -0.2) is 4.79 Å². The Hall–Kier alpha value is -1.45. The van der Waals surface area contributed by atoms with Crippen LogP contribution in [0.3, 0.4) is 0 Å². The molecule has 0 aliphatic carbocycles. The minimum Gasteiger partial charge on any atom is -0.505 e. The van der Waals surface area contributed by atoms with Gasteiger partial charge in [-0.3, -0.25) is 0 Å². The van der Waals surface area contributed by atoms with Crippen LogP contribution in [-0.4, -0.2) is 22.7 Å². The molecule has 17 heavy (non-hydrogen) atoms. The van der Waals surface area contributed by atoms with Gasteiger partial charge in [0.1, 0.15) is 5.75 Å². The second-order valence-electron chi connectivity index (χ2n) is 4.09. The maximum atomic E-state index is 11.4. The summed E-state index contributed by atoms with van der Waals surface area (Å²) in [5, 5.41) is 9.60. The molecule has 0 unspecified atom stereocenters. The average molecular weight is 239 g/mol. The molecular formula is C13H21NO3. The van der Waals surface area contributed by atoms with Crippen molar-refractivity contribution in [1.29, 1.82) is 0 Å². The van der Waals surface area contributed by atoms with Crippen LogP contribution < -0.4 is 0 Å². The summed E-state index contributed by atoms with van der Waals surface area (Å²) in [4.78, 5) is 14.4. The Morgan fingerprint density at radius 1 is 1.35 bits per heavy atom. The van der Waals surface area contributed by atoms with E-state index in [1.807, 2.05) is 0 Å². The van der Waals surface area contributed by atoms with Crippen LogP contribution in [0.4, 0.5) is 0 Å². The van der Waals surface area contributed by atoms with Crippen molar-refractivity contribution < 1.29 is 14.6 Å². The number of aromatic amines is 1. The minimum atomic E-state index is -0.496. The molecule has 1 heterocycles. The highest BCUT2D eigenvalue weighted by Crippen LogP contribution is 2.20. The Morgan fingerprint density at radius 3 is 2.76 bits per heavy atom. The first-order valence-corrected chi connectivity index (χ1v) is 6.27. The fourth-order valence-corrected chi connectivity index (χ4v) is 1.73. The Morgan fingerprint density at radius 2 is 2.12 bits per heavy atom. The van der Waals surface area contributed by atoms with Crippen LogP contribution in [0.15, 0.2) is 6.07 Å². The molecule has 0 radical (unpaired) electrons. The van der Waals surface area contributed by atoms with Crippen LogP contribution >= 0.6 is 0 Å². The van der Waals surface area contributed by atoms with Gasteiger partial charge >= 0.3 is 5.97 Å². The van der Waals surface area contributed by atoms with Crippen LogP contribution in [0, 0.1) is 0 Å². The lowest BCUT2D eigenvalue weighted by atomic mass is 10.1. The normalized spacial score (nSPS) is 10.5. The van der Waals surface area contributed by atoms with Crippen molar-refractivity contribution in [3.63, 3.8) is 0 Å². The van der Waals surface area contributed by atoms with Gasteiger partial charge in [-0.15, -0.1) is 0 Å². The Kier molecular flexibility index (Phi) is 5.60. The van der Waals surface area contributed by atoms with Crippen molar-refractivity contribution in [2.45, 2.75) is 46.0 Å². The van der Waals surface area contributed by atoms with E-state index in [1.165, 1.54) is 19.3 Å². The molecule has 0 aliphatic heterocycles. The summed E-state index contributed by atoms with van der Waals surface area (Å²) < 4.78 is 4.83. The zero-order valence-electron chi connectivity index (χ0n) is 10.6. The summed E-state index contributed by atoms with van der Waals surface area (Å²) in [5.41, 5.74) is 1.05. The molecule has 4 nitrogen and oxygen atoms in total. The zero-order valence-corrected chi connectivity index (χ0v) is 10.6. The van der Waals surface area contributed by atoms with Crippen molar-refractivity contribution in [1.82, 2.24) is 4.98 Å². The lowest BCUT2D eigenvalue weighted by Gasteiger charge is -1.99. The number of ether oxygens (including phenoxy) is 1. The molecule has 0 saturated carbocycles. The second-order valence-corrected chi connectivity index (χ2v) is 4.09. The summed E-state index contributed by atoms with van der Waals surface area (Å²) in [6.07, 6.45) is 5.51. The number of carbonyl (C=O) groups excluding carboxylic acids is 1. The van der Waals surface area contributed by atoms with E-state index in [4.69, 9.17) is 4.74 Å². The number of hydrogen-bond donors (Lipinski definition) is 2. The molecule has 1 aromatic heterocycles. The monoisotopic (exact) mass is 239 g/mol. The number of H-pyrrole nitrogens is 1. The number of unbranched alkanes of at least 4 members (excludes halogenated alkanes) is 3. The average Bonchev–Trinajstić information content (AvgIpc) is 2.66. The summed E-state index contributed by atoms with van der Waals surface area (Å²) in [7, 11) is 0. The summed E-state index contributed by atoms with van der Waals surface area (Å²) in [6, 6.07) is 1.61. The molecule has 0 atom stereocenters. The van der Waals surface area contributed by atoms with Crippen molar-refractivity contribution in [3.8, 4) is 5.75 Å². The predicted molar refractivity (Wildman–Crippen MR) is 66.3 cm³/mol. The van der Waals surface area contributed by atoms with Gasteiger partial charge in [0, 0.05) is 11.8 Å². The molecule has 0 aliphatic rings. The third-order valence-electron chi connectivity index (χ3n) is 2.63. The SMILES string of the molecule is CCCCCCc1cc(O)c(C(=O)OCC)[nH]1. The number of aryl methyl sites for hydroxylation is 1. The number of carbonyl (C=O) groups is 1. The van der Waals surface area contributed by atoms with Gasteiger partial charge < -0.3 is 14.8 Å². The van der Waals surface area contributed by atoms with Crippen molar-refractivity contribution in [2.75, 3.05) is 6.61 Å². The molecule has 2 N–H and O–H groups in total. The van der Waals surface area contributed by atoms with E-state index in [0.29, 0.717) is 6.61 Å². The van der Waals surface area contributed by atoms with Crippen molar-refractivity contribution in [2.24, 2.45) is 0 Å². The fourth-order valence-electron chi connectivity index (χ4n) is 1.73. The topological polar surface area (TPSA) is 62.3 Å². The summed E-state index contributed by atoms with van der Waals surface area (Å²) >= 11 is 0. The molecule has 0 saturated heterocycles. The van der Waals surface area contributed by atoms with Crippen LogP contribution in [0.1, 0.15) is 55.7 Å². The van der Waals surface area contributed by atoms with E-state index in [9.17, 15) is 9.90 Å². The summed E-state index contributed by atoms with van der Waals surface area (Å²) in [6.45, 7) is 4.21. The van der Waals surface area contributed by atoms with E-state index in [1.54, 1.807) is 13.0 Å². The molecule has 0 spiro atoms. The van der Waals surface area contributed by atoms with E-state index >= 15 is 0 Å². The van der Waals surface area contributed by atoms with Gasteiger partial charge in [-0.1, -0.05) is 26.2 Å². The second kappa shape index (κ2) is 6.99. The highest BCUT2D eigenvalue weighted by atomic mass is 16.5. The number of hydrogen-bond acceptors (Lipinski definition) is 3. The number of esters is 1. The molecule has 0 aromatic carbocycles. The zero-order chi connectivity index (χ0) is 12.7. The van der Waals surface area contributed by atoms with Crippen LogP contribution in [0.5, 0.6) is 5.75 Å². The van der Waals surface area contributed by atoms with E-state index < -0.39 is 5.97 Å². The van der Waals surface area contributed by atoms with Crippen LogP contribution in [0.2, 0.25) is 0 Å². The fraction of sp³-hybridized carbons (Fsp3) is 0.615. The molecule has 1 aromatic rings. The first kappa shape index (κ1) is 13.6. The van der Waals surface area contributed by atoms with Gasteiger partial charge in [0.15, 0.2) is 5.69 Å². The van der Waals surface area contributed by atoms with Gasteiger partial charge in [-0.05, 0) is 19.8 Å². The molecule has 0 amide bonds. The van der Waals surface area contributed by atoms with Crippen LogP contribution in [-0.2, 0) is 11.2 Å². The minimum absolute atomic E-state index is 0.0195. The number of rotatable bonds is 7. The lowest BCUT2D eigenvalue weighted by molar-refractivity contribution is 0.0517. The summed E-state index contributed by atoms with van der Waals surface area (Å²) in [5.74, 6) is -0.515. The third-order valence-corrected chi connectivity index (χ3v) is 2.63. The van der Waals surface area contributed by atoms with Gasteiger partial charge in [-0.2, -0.15) is 0 Å². The predicted octanol–water partition coefficient (Wildman–Crippen LogP) is 3.02. The lowest BCUT2D eigenvalue weighted by Crippen LogP contribution is -2.05. The highest BCUT2D eigenvalue weighted by Gasteiger charge is 2.15. The quantitative estimate of drug-likeness (QED) is 0.568. The first-order chi connectivity index (χ1) is 8.19. The number of aromatic nitrogens is 1. The van der Waals surface area contributed by atoms with E-state index in [-0.39, 0.29) is 11.4 Å². The Balaban J connectivity index is 2.52. The molecule has 4 heteroatoms. The molecule has 96 valence electrons. The van der Waals surface area contributed by atoms with E-state index in [0.717, 1.165) is 18.5 Å². The number of aromatic hydroxyl groups is 1. The van der Waals surface area contributed by atoms with Gasteiger partial charge in [0.05, 0.1) is 6.61 Å². The van der Waals surface area contributed by atoms with Crippen molar-refractivity contribution in [3.05, 3.63) is 17.5 Å². The molecule has 0 fully saturated rings. The maximum absolute atomic E-state index is 11.4. The maximum Gasteiger partial charge on any atom is 0.358 e. The molecule has 0 bridgehead atoms. The smallest absolute Gasteiger partial charge is 0.358 e. The highest BCUT2D eigenvalue weighted by molar-refractivity contribution is 5.90. The van der Waals surface area contributed by atoms with Gasteiger partial charge in [0.2, 0.25) is 0 Å². The molecular weight excluding hydrogens is 218 g/mol. The largest absolute Gasteiger partial charge is 0.505 e. The first-order valence-electron chi connectivity index (χ1n) is 6.27. The molecule has 1 rings (SSSR count). The number of nitrogens with one attached hydrogen (secondary N) is 1. The van der Waals surface area contributed by atoms with Crippen molar-refractivity contribution >= 4 is 5.97 Å².